The molecular weight excluding hydrogens is 349 g/mol. The number of halogens is 3. The topological polar surface area (TPSA) is 57.5 Å². The van der Waals surface area contributed by atoms with Crippen LogP contribution in [0.4, 0.5) is 13.2 Å². The van der Waals surface area contributed by atoms with Gasteiger partial charge in [0.1, 0.15) is 12.4 Å². The van der Waals surface area contributed by atoms with Crippen molar-refractivity contribution in [2.24, 2.45) is 16.1 Å². The van der Waals surface area contributed by atoms with E-state index in [2.05, 4.69) is 10.2 Å². The molecule has 0 N–H and O–H groups in total. The van der Waals surface area contributed by atoms with Gasteiger partial charge in [0.25, 0.3) is 5.91 Å². The van der Waals surface area contributed by atoms with E-state index in [9.17, 15) is 18.0 Å². The Labute approximate surface area is 148 Å². The maximum atomic E-state index is 13.3. The summed E-state index contributed by atoms with van der Waals surface area (Å²) >= 11 is 0. The average Bonchev–Trinajstić information content (AvgIpc) is 2.98. The summed E-state index contributed by atoms with van der Waals surface area (Å²) in [6, 6.07) is 5.47. The molecule has 0 fully saturated rings. The molecule has 0 saturated heterocycles. The van der Waals surface area contributed by atoms with Crippen molar-refractivity contribution in [2.45, 2.75) is 19.3 Å². The minimum Gasteiger partial charge on any atom is -0.492 e. The number of carbonyl (C=O) groups is 1. The van der Waals surface area contributed by atoms with E-state index in [1.54, 1.807) is 6.07 Å². The quantitative estimate of drug-likeness (QED) is 0.802. The number of amides is 1. The van der Waals surface area contributed by atoms with Crippen molar-refractivity contribution in [3.05, 3.63) is 41.2 Å². The van der Waals surface area contributed by atoms with Crippen LogP contribution in [0.2, 0.25) is 0 Å². The zero-order valence-corrected chi connectivity index (χ0v) is 14.5. The van der Waals surface area contributed by atoms with Crippen molar-refractivity contribution in [3.63, 3.8) is 0 Å². The third kappa shape index (κ3) is 3.72. The van der Waals surface area contributed by atoms with Crippen LogP contribution >= 0.6 is 0 Å². The van der Waals surface area contributed by atoms with Gasteiger partial charge in [-0.3, -0.25) is 4.79 Å². The molecule has 2 aliphatic heterocycles. The van der Waals surface area contributed by atoms with E-state index in [-0.39, 0.29) is 18.8 Å². The zero-order valence-electron chi connectivity index (χ0n) is 14.5. The summed E-state index contributed by atoms with van der Waals surface area (Å²) in [6.07, 6.45) is -3.68. The predicted octanol–water partition coefficient (Wildman–Crippen LogP) is 2.95. The molecule has 26 heavy (non-hydrogen) atoms. The number of alkyl halides is 3. The van der Waals surface area contributed by atoms with E-state index in [1.807, 2.05) is 31.1 Å². The van der Waals surface area contributed by atoms with Gasteiger partial charge in [0.15, 0.2) is 5.92 Å². The van der Waals surface area contributed by atoms with Gasteiger partial charge in [-0.1, -0.05) is 12.1 Å². The monoisotopic (exact) mass is 368 g/mol. The second-order valence-electron chi connectivity index (χ2n) is 6.48. The van der Waals surface area contributed by atoms with Gasteiger partial charge in [-0.2, -0.15) is 18.3 Å². The fourth-order valence-corrected chi connectivity index (χ4v) is 3.02. The molecule has 0 aliphatic carbocycles. The molecule has 0 aromatic heterocycles. The highest BCUT2D eigenvalue weighted by molar-refractivity contribution is 5.83. The van der Waals surface area contributed by atoms with E-state index in [4.69, 9.17) is 4.74 Å². The van der Waals surface area contributed by atoms with Gasteiger partial charge in [0.2, 0.25) is 0 Å². The summed E-state index contributed by atoms with van der Waals surface area (Å²) in [7, 11) is 3.86. The first-order valence-corrected chi connectivity index (χ1v) is 8.12. The van der Waals surface area contributed by atoms with Crippen LogP contribution in [0.3, 0.4) is 0 Å². The second kappa shape index (κ2) is 7.06. The summed E-state index contributed by atoms with van der Waals surface area (Å²) in [4.78, 5) is 15.2. The van der Waals surface area contributed by atoms with Gasteiger partial charge in [-0.05, 0) is 25.7 Å². The number of likely N-dealkylation sites (N-methyl/N-ethyl adjacent to an activating group) is 1. The minimum atomic E-state index is -4.71. The van der Waals surface area contributed by atoms with Gasteiger partial charge >= 0.3 is 6.18 Å². The fourth-order valence-electron chi connectivity index (χ4n) is 3.02. The van der Waals surface area contributed by atoms with E-state index in [0.29, 0.717) is 12.4 Å². The number of benzene rings is 1. The lowest BCUT2D eigenvalue weighted by atomic mass is 10.0. The van der Waals surface area contributed by atoms with Crippen LogP contribution in [0.25, 0.3) is 0 Å². The molecule has 9 heteroatoms. The van der Waals surface area contributed by atoms with E-state index < -0.39 is 18.0 Å². The summed E-state index contributed by atoms with van der Waals surface area (Å²) in [5.41, 5.74) is 1.54. The molecule has 2 aliphatic rings. The summed E-state index contributed by atoms with van der Waals surface area (Å²) in [6.45, 7) is 1.70. The first-order valence-electron chi connectivity index (χ1n) is 8.12. The minimum absolute atomic E-state index is 0.173. The lowest BCUT2D eigenvalue weighted by Crippen LogP contribution is -2.38. The Morgan fingerprint density at radius 2 is 2.08 bits per heavy atom. The molecule has 1 aromatic carbocycles. The predicted molar refractivity (Wildman–Crippen MR) is 87.2 cm³/mol. The largest absolute Gasteiger partial charge is 0.492 e. The lowest BCUT2D eigenvalue weighted by Gasteiger charge is -2.29. The van der Waals surface area contributed by atoms with Crippen LogP contribution < -0.4 is 4.74 Å². The molecule has 1 aromatic rings. The van der Waals surface area contributed by atoms with Crippen LogP contribution in [-0.2, 0) is 17.9 Å². The Morgan fingerprint density at radius 3 is 2.77 bits per heavy atom. The number of hydrogen-bond donors (Lipinski definition) is 0. The lowest BCUT2D eigenvalue weighted by molar-refractivity contribution is -0.177. The third-order valence-corrected chi connectivity index (χ3v) is 4.32. The Morgan fingerprint density at radius 1 is 1.31 bits per heavy atom. The molecule has 0 radical (unpaired) electrons. The number of fused-ring (bicyclic) bond motifs is 1. The molecule has 1 amide bonds. The van der Waals surface area contributed by atoms with Crippen LogP contribution in [-0.4, -0.2) is 49.1 Å². The molecule has 0 saturated carbocycles. The number of ether oxygens (including phenoxy) is 1. The first-order chi connectivity index (χ1) is 12.3. The highest BCUT2D eigenvalue weighted by Gasteiger charge is 2.50. The van der Waals surface area contributed by atoms with Crippen LogP contribution in [0.15, 0.2) is 40.3 Å². The van der Waals surface area contributed by atoms with Gasteiger partial charge in [-0.15, -0.1) is 5.11 Å². The number of rotatable bonds is 5. The summed E-state index contributed by atoms with van der Waals surface area (Å²) in [5.74, 6) is -2.90. The Hall–Kier alpha value is -2.42. The maximum Gasteiger partial charge on any atom is 0.406 e. The van der Waals surface area contributed by atoms with Gasteiger partial charge in [-0.25, -0.2) is 0 Å². The molecule has 140 valence electrons. The second-order valence-corrected chi connectivity index (χ2v) is 6.48. The summed E-state index contributed by atoms with van der Waals surface area (Å²) < 4.78 is 45.8. The molecule has 6 nitrogen and oxygen atoms in total. The highest BCUT2D eigenvalue weighted by Crippen LogP contribution is 2.41. The van der Waals surface area contributed by atoms with Gasteiger partial charge < -0.3 is 14.5 Å². The summed E-state index contributed by atoms with van der Waals surface area (Å²) in [5, 5.41) is 6.49. The number of hydrogen-bond acceptors (Lipinski definition) is 5. The van der Waals surface area contributed by atoms with Crippen LogP contribution in [0.1, 0.15) is 11.1 Å². The molecule has 1 atom stereocenters. The molecule has 0 spiro atoms. The van der Waals surface area contributed by atoms with Crippen LogP contribution in [0.5, 0.6) is 5.75 Å². The van der Waals surface area contributed by atoms with E-state index in [0.717, 1.165) is 23.9 Å². The fraction of sp³-hybridized carbons (Fsp3) is 0.471. The average molecular weight is 368 g/mol. The Balaban J connectivity index is 1.81. The van der Waals surface area contributed by atoms with Crippen molar-refractivity contribution in [1.29, 1.82) is 0 Å². The number of nitrogens with zero attached hydrogens (tertiary/aromatic N) is 4. The molecule has 0 bridgehead atoms. The van der Waals surface area contributed by atoms with Crippen molar-refractivity contribution in [3.8, 4) is 5.75 Å². The van der Waals surface area contributed by atoms with Gasteiger partial charge in [0, 0.05) is 25.2 Å². The van der Waals surface area contributed by atoms with Crippen molar-refractivity contribution in [1.82, 2.24) is 9.80 Å². The third-order valence-electron chi connectivity index (χ3n) is 4.32. The molecular formula is C17H19F3N4O2. The Kier molecular flexibility index (Phi) is 4.99. The van der Waals surface area contributed by atoms with E-state index >= 15 is 0 Å². The van der Waals surface area contributed by atoms with Crippen LogP contribution in [0, 0.1) is 5.92 Å². The normalized spacial score (nSPS) is 19.8. The molecule has 3 rings (SSSR count). The SMILES string of the molecule is CN(C)CCOc1cccc2c1CN(C1=CN=NC(=O)C1C(F)(F)F)C2. The smallest absolute Gasteiger partial charge is 0.406 e. The van der Waals surface area contributed by atoms with Crippen molar-refractivity contribution < 1.29 is 22.7 Å². The maximum absolute atomic E-state index is 13.3. The number of carbonyl (C=O) groups excluding carboxylic acids is 1. The molecule has 2 heterocycles. The highest BCUT2D eigenvalue weighted by atomic mass is 19.4. The zero-order chi connectivity index (χ0) is 18.9. The number of azo groups is 1. The standard InChI is InChI=1S/C17H19F3N4O2/c1-23(2)6-7-26-14-5-3-4-11-9-24(10-12(11)14)13-8-21-22-16(25)15(13)17(18,19)20/h3-5,8,15H,6-7,9-10H2,1-2H3. The van der Waals surface area contributed by atoms with Crippen molar-refractivity contribution in [2.75, 3.05) is 27.2 Å². The first kappa shape index (κ1) is 18.4. The van der Waals surface area contributed by atoms with Gasteiger partial charge in [0.05, 0.1) is 11.9 Å². The van der Waals surface area contributed by atoms with E-state index in [1.165, 1.54) is 4.90 Å². The Bertz CT molecular complexity index is 759. The van der Waals surface area contributed by atoms with Crippen molar-refractivity contribution >= 4 is 5.91 Å². The molecule has 1 unspecified atom stereocenters.